The standard InChI is InChI=1S/C4H5N.C3H6O/c1-2-4-5-3-1;1-3(2)4/h1-5H;1-2H3. The molecular formula is C7H11NO. The van der Waals surface area contributed by atoms with Gasteiger partial charge < -0.3 is 9.78 Å². The lowest BCUT2D eigenvalue weighted by Crippen LogP contribution is -1.69. The van der Waals surface area contributed by atoms with Gasteiger partial charge >= 0.3 is 0 Å². The molecule has 1 rings (SSSR count). The molecule has 2 nitrogen and oxygen atoms in total. The van der Waals surface area contributed by atoms with E-state index in [1.165, 1.54) is 13.8 Å². The molecule has 1 N–H and O–H groups in total. The highest BCUT2D eigenvalue weighted by Crippen LogP contribution is 1.72. The number of H-pyrrole nitrogens is 1. The molecule has 1 heterocycles. The third kappa shape index (κ3) is 10.9. The Balaban J connectivity index is 0.000000148. The first-order chi connectivity index (χ1) is 4.23. The second-order valence-electron chi connectivity index (χ2n) is 1.79. The van der Waals surface area contributed by atoms with Crippen LogP contribution in [0.1, 0.15) is 13.8 Å². The highest BCUT2D eigenvalue weighted by molar-refractivity contribution is 5.72. The van der Waals surface area contributed by atoms with E-state index in [-0.39, 0.29) is 5.78 Å². The Bertz CT molecular complexity index is 123. The van der Waals surface area contributed by atoms with Gasteiger partial charge in [0.2, 0.25) is 0 Å². The molecule has 0 saturated heterocycles. The predicted molar refractivity (Wildman–Crippen MR) is 37.1 cm³/mol. The van der Waals surface area contributed by atoms with Crippen molar-refractivity contribution < 1.29 is 4.79 Å². The van der Waals surface area contributed by atoms with Crippen molar-refractivity contribution >= 4 is 5.78 Å². The molecule has 0 amide bonds. The lowest BCUT2D eigenvalue weighted by molar-refractivity contribution is -0.114. The summed E-state index contributed by atoms with van der Waals surface area (Å²) in [6.07, 6.45) is 3.75. The van der Waals surface area contributed by atoms with Crippen LogP contribution in [0.25, 0.3) is 0 Å². The first-order valence-electron chi connectivity index (χ1n) is 2.78. The number of Topliss-reactive ketones (excluding diaryl/α,β-unsaturated/α-hetero) is 1. The van der Waals surface area contributed by atoms with E-state index in [0.29, 0.717) is 0 Å². The Labute approximate surface area is 54.9 Å². The second-order valence-corrected chi connectivity index (χ2v) is 1.79. The molecule has 0 atom stereocenters. The Morgan fingerprint density at radius 1 is 1.22 bits per heavy atom. The zero-order valence-corrected chi connectivity index (χ0v) is 5.72. The number of carbonyl (C=O) groups excluding carboxylic acids is 1. The summed E-state index contributed by atoms with van der Waals surface area (Å²) in [5, 5.41) is 0. The highest BCUT2D eigenvalue weighted by atomic mass is 16.1. The first kappa shape index (κ1) is 7.95. The summed E-state index contributed by atoms with van der Waals surface area (Å²) in [4.78, 5) is 12.3. The first-order valence-corrected chi connectivity index (χ1v) is 2.78. The Morgan fingerprint density at radius 2 is 1.56 bits per heavy atom. The topological polar surface area (TPSA) is 32.9 Å². The summed E-state index contributed by atoms with van der Waals surface area (Å²) in [5.74, 6) is 0.167. The van der Waals surface area contributed by atoms with Crippen LogP contribution in [0.15, 0.2) is 24.5 Å². The largest absolute Gasteiger partial charge is 0.368 e. The minimum absolute atomic E-state index is 0.167. The van der Waals surface area contributed by atoms with Crippen LogP contribution in [-0.4, -0.2) is 10.8 Å². The number of carbonyl (C=O) groups is 1. The molecule has 0 aliphatic heterocycles. The fourth-order valence-corrected chi connectivity index (χ4v) is 0.278. The van der Waals surface area contributed by atoms with Crippen LogP contribution in [0, 0.1) is 0 Å². The molecule has 2 heteroatoms. The SMILES string of the molecule is CC(C)=O.c1cc[nH]c1. The van der Waals surface area contributed by atoms with Crippen LogP contribution in [0.4, 0.5) is 0 Å². The van der Waals surface area contributed by atoms with Crippen molar-refractivity contribution in [2.24, 2.45) is 0 Å². The van der Waals surface area contributed by atoms with Crippen LogP contribution in [0.5, 0.6) is 0 Å². The van der Waals surface area contributed by atoms with E-state index in [9.17, 15) is 4.79 Å². The van der Waals surface area contributed by atoms with Gasteiger partial charge in [0.05, 0.1) is 0 Å². The van der Waals surface area contributed by atoms with Gasteiger partial charge in [0.25, 0.3) is 0 Å². The maximum absolute atomic E-state index is 9.44. The summed E-state index contributed by atoms with van der Waals surface area (Å²) in [7, 11) is 0. The summed E-state index contributed by atoms with van der Waals surface area (Å²) < 4.78 is 0. The second kappa shape index (κ2) is 5.09. The van der Waals surface area contributed by atoms with Gasteiger partial charge in [-0.05, 0) is 26.0 Å². The average molecular weight is 125 g/mol. The van der Waals surface area contributed by atoms with Crippen molar-refractivity contribution in [1.82, 2.24) is 4.98 Å². The zero-order valence-electron chi connectivity index (χ0n) is 5.72. The molecule has 0 radical (unpaired) electrons. The number of rotatable bonds is 0. The van der Waals surface area contributed by atoms with Crippen molar-refractivity contribution in [2.45, 2.75) is 13.8 Å². The minimum Gasteiger partial charge on any atom is -0.368 e. The molecule has 0 fully saturated rings. The number of hydrogen-bond acceptors (Lipinski definition) is 1. The fraction of sp³-hybridized carbons (Fsp3) is 0.286. The summed E-state index contributed by atoms with van der Waals surface area (Å²) in [6, 6.07) is 3.89. The molecule has 9 heavy (non-hydrogen) atoms. The molecular weight excluding hydrogens is 114 g/mol. The molecule has 0 aliphatic carbocycles. The fourth-order valence-electron chi connectivity index (χ4n) is 0.278. The summed E-state index contributed by atoms with van der Waals surface area (Å²) in [5.41, 5.74) is 0. The van der Waals surface area contributed by atoms with E-state index in [2.05, 4.69) is 4.98 Å². The summed E-state index contributed by atoms with van der Waals surface area (Å²) in [6.45, 7) is 3.06. The quantitative estimate of drug-likeness (QED) is 0.561. The maximum atomic E-state index is 9.44. The van der Waals surface area contributed by atoms with Crippen molar-refractivity contribution in [3.63, 3.8) is 0 Å². The number of nitrogens with one attached hydrogen (secondary N) is 1. The lowest BCUT2D eigenvalue weighted by atomic mass is 10.6. The van der Waals surface area contributed by atoms with Crippen LogP contribution < -0.4 is 0 Å². The molecule has 0 spiro atoms. The Morgan fingerprint density at radius 3 is 1.67 bits per heavy atom. The smallest absolute Gasteiger partial charge is 0.126 e. The maximum Gasteiger partial charge on any atom is 0.126 e. The third-order valence-electron chi connectivity index (χ3n) is 0.496. The summed E-state index contributed by atoms with van der Waals surface area (Å²) >= 11 is 0. The lowest BCUT2D eigenvalue weighted by Gasteiger charge is -1.56. The predicted octanol–water partition coefficient (Wildman–Crippen LogP) is 1.61. The van der Waals surface area contributed by atoms with Gasteiger partial charge in [0.1, 0.15) is 5.78 Å². The van der Waals surface area contributed by atoms with E-state index >= 15 is 0 Å². The Kier molecular flexibility index (Phi) is 4.50. The zero-order chi connectivity index (χ0) is 7.11. The number of aromatic nitrogens is 1. The third-order valence-corrected chi connectivity index (χ3v) is 0.496. The molecule has 1 aromatic rings. The van der Waals surface area contributed by atoms with E-state index in [0.717, 1.165) is 0 Å². The Hall–Kier alpha value is -1.05. The normalized spacial score (nSPS) is 7.33. The minimum atomic E-state index is 0.167. The van der Waals surface area contributed by atoms with Gasteiger partial charge in [-0.3, -0.25) is 0 Å². The van der Waals surface area contributed by atoms with Gasteiger partial charge in [0.15, 0.2) is 0 Å². The van der Waals surface area contributed by atoms with Crippen LogP contribution in [-0.2, 0) is 4.79 Å². The molecule has 0 saturated carbocycles. The highest BCUT2D eigenvalue weighted by Gasteiger charge is 1.62. The van der Waals surface area contributed by atoms with Crippen molar-refractivity contribution in [3.8, 4) is 0 Å². The van der Waals surface area contributed by atoms with Crippen LogP contribution in [0.2, 0.25) is 0 Å². The average Bonchev–Trinajstić information content (AvgIpc) is 2.11. The van der Waals surface area contributed by atoms with Gasteiger partial charge in [-0.15, -0.1) is 0 Å². The van der Waals surface area contributed by atoms with E-state index in [1.54, 1.807) is 0 Å². The molecule has 50 valence electrons. The van der Waals surface area contributed by atoms with Crippen LogP contribution in [0.3, 0.4) is 0 Å². The molecule has 0 unspecified atom stereocenters. The van der Waals surface area contributed by atoms with E-state index < -0.39 is 0 Å². The van der Waals surface area contributed by atoms with Crippen LogP contribution >= 0.6 is 0 Å². The van der Waals surface area contributed by atoms with Gasteiger partial charge in [-0.25, -0.2) is 0 Å². The molecule has 0 aliphatic rings. The van der Waals surface area contributed by atoms with Crippen molar-refractivity contribution in [1.29, 1.82) is 0 Å². The van der Waals surface area contributed by atoms with Crippen molar-refractivity contribution in [3.05, 3.63) is 24.5 Å². The monoisotopic (exact) mass is 125 g/mol. The molecule has 1 aromatic heterocycles. The van der Waals surface area contributed by atoms with Gasteiger partial charge in [0, 0.05) is 12.4 Å². The molecule has 0 aromatic carbocycles. The number of ketones is 1. The van der Waals surface area contributed by atoms with E-state index in [1.807, 2.05) is 24.5 Å². The van der Waals surface area contributed by atoms with Gasteiger partial charge in [-0.1, -0.05) is 0 Å². The van der Waals surface area contributed by atoms with Crippen molar-refractivity contribution in [2.75, 3.05) is 0 Å². The number of aromatic amines is 1. The molecule has 0 bridgehead atoms. The van der Waals surface area contributed by atoms with Gasteiger partial charge in [-0.2, -0.15) is 0 Å². The van der Waals surface area contributed by atoms with E-state index in [4.69, 9.17) is 0 Å². The number of hydrogen-bond donors (Lipinski definition) is 1.